The first-order valence-corrected chi connectivity index (χ1v) is 10.0. The van der Waals surface area contributed by atoms with E-state index in [1.165, 1.54) is 5.56 Å². The van der Waals surface area contributed by atoms with Gasteiger partial charge in [-0.25, -0.2) is 0 Å². The molecular weight excluding hydrogens is 328 g/mol. The molecule has 0 spiro atoms. The van der Waals surface area contributed by atoms with E-state index in [0.717, 1.165) is 53.3 Å². The zero-order valence-electron chi connectivity index (χ0n) is 14.9. The zero-order valence-corrected chi connectivity index (χ0v) is 15.7. The number of hydrogen-bond acceptors (Lipinski definition) is 4. The molecule has 0 fully saturated rings. The molecule has 1 aliphatic carbocycles. The van der Waals surface area contributed by atoms with Crippen molar-refractivity contribution in [3.05, 3.63) is 57.3 Å². The molecule has 0 amide bonds. The van der Waals surface area contributed by atoms with Crippen molar-refractivity contribution in [2.45, 2.75) is 51.9 Å². The molecule has 4 heteroatoms. The Morgan fingerprint density at radius 1 is 1.28 bits per heavy atom. The van der Waals surface area contributed by atoms with E-state index in [2.05, 4.69) is 49.5 Å². The summed E-state index contributed by atoms with van der Waals surface area (Å²) < 4.78 is 0. The third-order valence-electron chi connectivity index (χ3n) is 4.82. The van der Waals surface area contributed by atoms with Gasteiger partial charge in [0, 0.05) is 17.7 Å². The summed E-state index contributed by atoms with van der Waals surface area (Å²) in [6, 6.07) is 10.6. The molecule has 1 N–H and O–H groups in total. The molecule has 1 unspecified atom stereocenters. The monoisotopic (exact) mass is 352 g/mol. The lowest BCUT2D eigenvalue weighted by Gasteiger charge is -2.33. The molecule has 1 atom stereocenters. The van der Waals surface area contributed by atoms with Crippen LogP contribution in [0.15, 0.2) is 46.1 Å². The van der Waals surface area contributed by atoms with E-state index in [-0.39, 0.29) is 11.7 Å². The third-order valence-corrected chi connectivity index (χ3v) is 5.92. The predicted octanol–water partition coefficient (Wildman–Crippen LogP) is 4.96. The first kappa shape index (κ1) is 17.8. The lowest BCUT2D eigenvalue weighted by molar-refractivity contribution is -0.116. The van der Waals surface area contributed by atoms with Gasteiger partial charge in [-0.15, -0.1) is 11.8 Å². The van der Waals surface area contributed by atoms with Gasteiger partial charge < -0.3 is 5.32 Å². The van der Waals surface area contributed by atoms with Crippen molar-refractivity contribution in [1.29, 1.82) is 5.26 Å². The molecule has 1 aromatic rings. The molecule has 2 aliphatic rings. The fourth-order valence-corrected chi connectivity index (χ4v) is 4.60. The van der Waals surface area contributed by atoms with E-state index < -0.39 is 0 Å². The first-order chi connectivity index (χ1) is 12.2. The van der Waals surface area contributed by atoms with Crippen LogP contribution >= 0.6 is 11.8 Å². The van der Waals surface area contributed by atoms with Crippen molar-refractivity contribution < 1.29 is 4.79 Å². The summed E-state index contributed by atoms with van der Waals surface area (Å²) >= 11 is 1.71. The number of ketones is 1. The number of nitrogens with one attached hydrogen (secondary N) is 1. The van der Waals surface area contributed by atoms with Gasteiger partial charge in [-0.05, 0) is 37.5 Å². The second kappa shape index (κ2) is 7.93. The van der Waals surface area contributed by atoms with Crippen LogP contribution in [-0.4, -0.2) is 11.5 Å². The maximum atomic E-state index is 12.7. The summed E-state index contributed by atoms with van der Waals surface area (Å²) in [6.45, 7) is 4.22. The second-order valence-corrected chi connectivity index (χ2v) is 7.80. The fourth-order valence-electron chi connectivity index (χ4n) is 3.45. The average Bonchev–Trinajstić information content (AvgIpc) is 2.62. The van der Waals surface area contributed by atoms with E-state index >= 15 is 0 Å². The molecule has 25 heavy (non-hydrogen) atoms. The molecule has 130 valence electrons. The zero-order chi connectivity index (χ0) is 17.8. The van der Waals surface area contributed by atoms with Crippen LogP contribution in [0.4, 0.5) is 0 Å². The summed E-state index contributed by atoms with van der Waals surface area (Å²) in [4.78, 5) is 12.7. The summed E-state index contributed by atoms with van der Waals surface area (Å²) in [7, 11) is 0. The quantitative estimate of drug-likeness (QED) is 0.761. The second-order valence-electron chi connectivity index (χ2n) is 6.69. The maximum Gasteiger partial charge on any atom is 0.161 e. The van der Waals surface area contributed by atoms with Crippen molar-refractivity contribution in [2.24, 2.45) is 0 Å². The molecule has 1 heterocycles. The van der Waals surface area contributed by atoms with E-state index in [9.17, 15) is 10.1 Å². The van der Waals surface area contributed by atoms with Crippen LogP contribution < -0.4 is 5.32 Å². The topological polar surface area (TPSA) is 52.9 Å². The Kier molecular flexibility index (Phi) is 5.65. The van der Waals surface area contributed by atoms with Crippen molar-refractivity contribution in [3.63, 3.8) is 0 Å². The predicted molar refractivity (Wildman–Crippen MR) is 103 cm³/mol. The SMILES string of the molecule is CCCCSC1=C(C#N)C(c2ccc(C)cc2)C2=C(CCCC2=O)N1. The molecule has 0 bridgehead atoms. The molecule has 3 rings (SSSR count). The number of thioether (sulfide) groups is 1. The maximum absolute atomic E-state index is 12.7. The molecule has 0 saturated carbocycles. The summed E-state index contributed by atoms with van der Waals surface area (Å²) in [5.74, 6) is 0.949. The van der Waals surface area contributed by atoms with Crippen LogP contribution in [0.3, 0.4) is 0 Å². The van der Waals surface area contributed by atoms with Gasteiger partial charge in [0.25, 0.3) is 0 Å². The molecular formula is C21H24N2OS. The number of nitriles is 1. The molecule has 1 aromatic carbocycles. The van der Waals surface area contributed by atoms with Gasteiger partial charge in [-0.1, -0.05) is 43.2 Å². The average molecular weight is 353 g/mol. The van der Waals surface area contributed by atoms with Gasteiger partial charge in [0.2, 0.25) is 0 Å². The molecule has 3 nitrogen and oxygen atoms in total. The Hall–Kier alpha value is -1.99. The lowest BCUT2D eigenvalue weighted by atomic mass is 9.77. The molecule has 0 aromatic heterocycles. The summed E-state index contributed by atoms with van der Waals surface area (Å²) in [5.41, 5.74) is 4.76. The number of dihydropyridines is 1. The largest absolute Gasteiger partial charge is 0.352 e. The van der Waals surface area contributed by atoms with Crippen LogP contribution in [0.2, 0.25) is 0 Å². The Morgan fingerprint density at radius 3 is 2.72 bits per heavy atom. The smallest absolute Gasteiger partial charge is 0.161 e. The van der Waals surface area contributed by atoms with Crippen molar-refractivity contribution >= 4 is 17.5 Å². The van der Waals surface area contributed by atoms with E-state index in [1.807, 2.05) is 0 Å². The van der Waals surface area contributed by atoms with Gasteiger partial charge in [0.05, 0.1) is 22.6 Å². The highest BCUT2D eigenvalue weighted by Crippen LogP contribution is 2.44. The van der Waals surface area contributed by atoms with E-state index in [4.69, 9.17) is 0 Å². The van der Waals surface area contributed by atoms with Gasteiger partial charge in [0.15, 0.2) is 5.78 Å². The number of aryl methyl sites for hydroxylation is 1. The van der Waals surface area contributed by atoms with Gasteiger partial charge >= 0.3 is 0 Å². The van der Waals surface area contributed by atoms with Gasteiger partial charge in [0.1, 0.15) is 0 Å². The van der Waals surface area contributed by atoms with Crippen molar-refractivity contribution in [2.75, 3.05) is 5.75 Å². The Balaban J connectivity index is 2.06. The van der Waals surface area contributed by atoms with Crippen LogP contribution in [-0.2, 0) is 4.79 Å². The minimum atomic E-state index is -0.223. The number of Topliss-reactive ketones (excluding diaryl/α,β-unsaturated/α-hetero) is 1. The van der Waals surface area contributed by atoms with Crippen LogP contribution in [0.25, 0.3) is 0 Å². The lowest BCUT2D eigenvalue weighted by Crippen LogP contribution is -2.31. The highest BCUT2D eigenvalue weighted by atomic mass is 32.2. The summed E-state index contributed by atoms with van der Waals surface area (Å²) in [5, 5.41) is 14.3. The molecule has 0 saturated heterocycles. The van der Waals surface area contributed by atoms with Crippen LogP contribution in [0.1, 0.15) is 56.1 Å². The minimum Gasteiger partial charge on any atom is -0.352 e. The minimum absolute atomic E-state index is 0.185. The molecule has 0 radical (unpaired) electrons. The Morgan fingerprint density at radius 2 is 2.04 bits per heavy atom. The van der Waals surface area contributed by atoms with E-state index in [1.54, 1.807) is 11.8 Å². The number of allylic oxidation sites excluding steroid dienone is 3. The van der Waals surface area contributed by atoms with Gasteiger partial charge in [-0.2, -0.15) is 5.26 Å². The number of hydrogen-bond donors (Lipinski definition) is 1. The normalized spacial score (nSPS) is 20.2. The van der Waals surface area contributed by atoms with E-state index in [0.29, 0.717) is 12.0 Å². The summed E-state index contributed by atoms with van der Waals surface area (Å²) in [6.07, 6.45) is 4.62. The number of benzene rings is 1. The fraction of sp³-hybridized carbons (Fsp3) is 0.429. The number of nitrogens with zero attached hydrogens (tertiary/aromatic N) is 1. The van der Waals surface area contributed by atoms with Gasteiger partial charge in [-0.3, -0.25) is 4.79 Å². The third kappa shape index (κ3) is 3.67. The number of unbranched alkanes of at least 4 members (excludes halogenated alkanes) is 1. The van der Waals surface area contributed by atoms with Crippen LogP contribution in [0.5, 0.6) is 0 Å². The number of carbonyl (C=O) groups is 1. The standard InChI is InChI=1S/C21H24N2OS/c1-3-4-12-25-21-16(13-22)19(15-10-8-14(2)9-11-15)20-17(23-21)6-5-7-18(20)24/h8-11,19,23H,3-7,12H2,1-2H3. The number of carbonyl (C=O) groups excluding carboxylic acids is 1. The first-order valence-electron chi connectivity index (χ1n) is 9.02. The Bertz CT molecular complexity index is 768. The molecule has 1 aliphatic heterocycles. The van der Waals surface area contributed by atoms with Crippen LogP contribution in [0, 0.1) is 18.3 Å². The highest BCUT2D eigenvalue weighted by molar-refractivity contribution is 8.03. The number of rotatable bonds is 5. The Labute approximate surface area is 154 Å². The van der Waals surface area contributed by atoms with Crippen molar-refractivity contribution in [1.82, 2.24) is 5.32 Å². The van der Waals surface area contributed by atoms with Crippen molar-refractivity contribution in [3.8, 4) is 6.07 Å². The highest BCUT2D eigenvalue weighted by Gasteiger charge is 2.36.